The summed E-state index contributed by atoms with van der Waals surface area (Å²) in [4.78, 5) is 11.9. The predicted octanol–water partition coefficient (Wildman–Crippen LogP) is 1.92. The van der Waals surface area contributed by atoms with Crippen LogP contribution in [-0.2, 0) is 24.9 Å². The van der Waals surface area contributed by atoms with E-state index in [0.29, 0.717) is 29.5 Å². The lowest BCUT2D eigenvalue weighted by molar-refractivity contribution is -0.144. The number of ether oxygens (including phenoxy) is 3. The van der Waals surface area contributed by atoms with Gasteiger partial charge in [-0.05, 0) is 25.0 Å². The third-order valence-corrected chi connectivity index (χ3v) is 6.50. The van der Waals surface area contributed by atoms with Crippen LogP contribution in [0.4, 0.5) is 0 Å². The lowest BCUT2D eigenvalue weighted by Gasteiger charge is -2.24. The summed E-state index contributed by atoms with van der Waals surface area (Å²) >= 11 is 3.33. The van der Waals surface area contributed by atoms with E-state index in [1.807, 2.05) is 0 Å². The number of hydrogen-bond acceptors (Lipinski definition) is 6. The topological polar surface area (TPSA) is 82.1 Å². The number of alkyl halides is 1. The van der Waals surface area contributed by atoms with Crippen LogP contribution in [-0.4, -0.2) is 52.6 Å². The van der Waals surface area contributed by atoms with Crippen LogP contribution in [0.3, 0.4) is 0 Å². The SMILES string of the molecule is COC(=O)[C@@H]1CCCN1S(=O)(=O)c1ccc(OC)c(CBr)c1OC. The number of carbonyl (C=O) groups is 1. The van der Waals surface area contributed by atoms with Gasteiger partial charge in [-0.2, -0.15) is 4.31 Å². The number of sulfonamides is 1. The molecule has 9 heteroatoms. The number of halogens is 1. The molecule has 1 aliphatic heterocycles. The van der Waals surface area contributed by atoms with E-state index in [2.05, 4.69) is 15.9 Å². The first-order valence-corrected chi connectivity index (χ1v) is 9.88. The third kappa shape index (κ3) is 3.25. The van der Waals surface area contributed by atoms with E-state index in [1.54, 1.807) is 6.07 Å². The van der Waals surface area contributed by atoms with Crippen LogP contribution in [0.2, 0.25) is 0 Å². The van der Waals surface area contributed by atoms with Crippen molar-refractivity contribution in [1.29, 1.82) is 0 Å². The van der Waals surface area contributed by atoms with Crippen molar-refractivity contribution in [3.05, 3.63) is 17.7 Å². The molecule has 1 aliphatic rings. The standard InChI is InChI=1S/C15H20BrNO6S/c1-21-12-6-7-13(14(22-2)10(12)9-16)24(19,20)17-8-4-5-11(17)15(18)23-3/h6-7,11H,4-5,8-9H2,1-3H3/t11-/m0/s1. The van der Waals surface area contributed by atoms with Gasteiger partial charge in [-0.3, -0.25) is 4.79 Å². The zero-order valence-electron chi connectivity index (χ0n) is 13.7. The maximum atomic E-state index is 13.1. The van der Waals surface area contributed by atoms with Gasteiger partial charge >= 0.3 is 5.97 Å². The minimum atomic E-state index is -3.91. The van der Waals surface area contributed by atoms with Crippen LogP contribution in [0.1, 0.15) is 18.4 Å². The molecule has 134 valence electrons. The quantitative estimate of drug-likeness (QED) is 0.515. The molecule has 0 bridgehead atoms. The molecule has 0 unspecified atom stereocenters. The molecule has 1 aromatic carbocycles. The lowest BCUT2D eigenvalue weighted by atomic mass is 10.2. The van der Waals surface area contributed by atoms with E-state index in [-0.39, 0.29) is 17.2 Å². The number of nitrogens with zero attached hydrogens (tertiary/aromatic N) is 1. The van der Waals surface area contributed by atoms with Gasteiger partial charge in [0.2, 0.25) is 10.0 Å². The molecule has 0 spiro atoms. The van der Waals surface area contributed by atoms with E-state index in [0.717, 1.165) is 0 Å². The first-order chi connectivity index (χ1) is 11.4. The first-order valence-electron chi connectivity index (χ1n) is 7.31. The van der Waals surface area contributed by atoms with Crippen molar-refractivity contribution in [2.75, 3.05) is 27.9 Å². The van der Waals surface area contributed by atoms with Crippen molar-refractivity contribution in [3.63, 3.8) is 0 Å². The zero-order valence-corrected chi connectivity index (χ0v) is 16.1. The molecule has 0 saturated carbocycles. The minimum absolute atomic E-state index is 0.0102. The lowest BCUT2D eigenvalue weighted by Crippen LogP contribution is -2.41. The predicted molar refractivity (Wildman–Crippen MR) is 91.1 cm³/mol. The highest BCUT2D eigenvalue weighted by Gasteiger charge is 2.41. The summed E-state index contributed by atoms with van der Waals surface area (Å²) in [5, 5.41) is 0.364. The fourth-order valence-corrected chi connectivity index (χ4v) is 5.22. The van der Waals surface area contributed by atoms with Gasteiger partial charge in [-0.1, -0.05) is 15.9 Å². The van der Waals surface area contributed by atoms with Gasteiger partial charge in [-0.25, -0.2) is 8.42 Å². The highest BCUT2D eigenvalue weighted by atomic mass is 79.9. The van der Waals surface area contributed by atoms with Gasteiger partial charge < -0.3 is 14.2 Å². The summed E-state index contributed by atoms with van der Waals surface area (Å²) in [6, 6.07) is 2.21. The van der Waals surface area contributed by atoms with Crippen LogP contribution in [0.25, 0.3) is 0 Å². The van der Waals surface area contributed by atoms with Crippen molar-refractivity contribution in [1.82, 2.24) is 4.31 Å². The van der Waals surface area contributed by atoms with Crippen molar-refractivity contribution in [2.24, 2.45) is 0 Å². The van der Waals surface area contributed by atoms with Gasteiger partial charge in [0.15, 0.2) is 0 Å². The van der Waals surface area contributed by atoms with E-state index in [9.17, 15) is 13.2 Å². The maximum absolute atomic E-state index is 13.1. The second-order valence-corrected chi connectivity index (χ2v) is 7.63. The van der Waals surface area contributed by atoms with Crippen LogP contribution in [0.15, 0.2) is 17.0 Å². The summed E-state index contributed by atoms with van der Waals surface area (Å²) in [7, 11) is 0.247. The normalized spacial score (nSPS) is 18.4. The Hall–Kier alpha value is -1.32. The van der Waals surface area contributed by atoms with E-state index < -0.39 is 22.0 Å². The van der Waals surface area contributed by atoms with Crippen LogP contribution in [0.5, 0.6) is 11.5 Å². The van der Waals surface area contributed by atoms with Gasteiger partial charge in [-0.15, -0.1) is 0 Å². The highest BCUT2D eigenvalue weighted by Crippen LogP contribution is 2.39. The van der Waals surface area contributed by atoms with Crippen LogP contribution >= 0.6 is 15.9 Å². The molecule has 1 heterocycles. The van der Waals surface area contributed by atoms with Gasteiger partial charge in [0.1, 0.15) is 22.4 Å². The Balaban J connectivity index is 2.55. The average molecular weight is 422 g/mol. The van der Waals surface area contributed by atoms with Gasteiger partial charge in [0.05, 0.1) is 21.3 Å². The number of rotatable bonds is 6. The number of methoxy groups -OCH3 is 3. The second kappa shape index (κ2) is 7.71. The van der Waals surface area contributed by atoms with Crippen molar-refractivity contribution >= 4 is 31.9 Å². The molecule has 0 aliphatic carbocycles. The zero-order chi connectivity index (χ0) is 17.9. The molecule has 7 nitrogen and oxygen atoms in total. The molecule has 0 aromatic heterocycles. The van der Waals surface area contributed by atoms with Crippen LogP contribution < -0.4 is 9.47 Å². The minimum Gasteiger partial charge on any atom is -0.496 e. The first kappa shape index (κ1) is 19.0. The summed E-state index contributed by atoms with van der Waals surface area (Å²) in [6.45, 7) is 0.265. The highest BCUT2D eigenvalue weighted by molar-refractivity contribution is 9.08. The molecule has 1 aromatic rings. The third-order valence-electron chi connectivity index (χ3n) is 4.00. The molecule has 0 radical (unpaired) electrons. The second-order valence-electron chi connectivity index (χ2n) is 5.21. The summed E-state index contributed by atoms with van der Waals surface area (Å²) in [5.41, 5.74) is 0.592. The van der Waals surface area contributed by atoms with Crippen LogP contribution in [0, 0.1) is 0 Å². The van der Waals surface area contributed by atoms with E-state index in [1.165, 1.54) is 31.7 Å². The van der Waals surface area contributed by atoms with E-state index in [4.69, 9.17) is 14.2 Å². The molecular formula is C15H20BrNO6S. The van der Waals surface area contributed by atoms with Crippen molar-refractivity contribution in [2.45, 2.75) is 29.1 Å². The summed E-state index contributed by atoms with van der Waals surface area (Å²) in [6.07, 6.45) is 1.04. The molecule has 24 heavy (non-hydrogen) atoms. The molecular weight excluding hydrogens is 402 g/mol. The Morgan fingerprint density at radius 2 is 2.00 bits per heavy atom. The largest absolute Gasteiger partial charge is 0.496 e. The van der Waals surface area contributed by atoms with Crippen molar-refractivity contribution in [3.8, 4) is 11.5 Å². The molecule has 2 rings (SSSR count). The number of carbonyl (C=O) groups excluding carboxylic acids is 1. The number of benzene rings is 1. The Bertz CT molecular complexity index is 721. The molecule has 1 atom stereocenters. The van der Waals surface area contributed by atoms with Gasteiger partial charge in [0.25, 0.3) is 0 Å². The van der Waals surface area contributed by atoms with E-state index >= 15 is 0 Å². The monoisotopic (exact) mass is 421 g/mol. The number of esters is 1. The summed E-state index contributed by atoms with van der Waals surface area (Å²) in [5.74, 6) is 0.180. The average Bonchev–Trinajstić information content (AvgIpc) is 3.09. The Morgan fingerprint density at radius 1 is 1.29 bits per heavy atom. The summed E-state index contributed by atoms with van der Waals surface area (Å²) < 4.78 is 42.7. The maximum Gasteiger partial charge on any atom is 0.324 e. The molecule has 1 fully saturated rings. The Labute approximate surface area is 150 Å². The fraction of sp³-hybridized carbons (Fsp3) is 0.533. The Kier molecular flexibility index (Phi) is 6.11. The number of hydrogen-bond donors (Lipinski definition) is 0. The Morgan fingerprint density at radius 3 is 2.54 bits per heavy atom. The molecule has 0 amide bonds. The van der Waals surface area contributed by atoms with Gasteiger partial charge in [0, 0.05) is 17.4 Å². The smallest absolute Gasteiger partial charge is 0.324 e. The van der Waals surface area contributed by atoms with Crippen molar-refractivity contribution < 1.29 is 27.4 Å². The molecule has 1 saturated heterocycles. The molecule has 0 N–H and O–H groups in total. The fourth-order valence-electron chi connectivity index (χ4n) is 2.86.